The van der Waals surface area contributed by atoms with Crippen LogP contribution in [0.4, 0.5) is 0 Å². The first kappa shape index (κ1) is 18.9. The van der Waals surface area contributed by atoms with E-state index in [0.717, 1.165) is 17.5 Å². The molecule has 3 rings (SSSR count). The Balaban J connectivity index is 1.74. The lowest BCUT2D eigenvalue weighted by atomic mass is 9.88. The third-order valence-electron chi connectivity index (χ3n) is 5.63. The van der Waals surface area contributed by atoms with Gasteiger partial charge in [0.15, 0.2) is 5.60 Å². The van der Waals surface area contributed by atoms with Crippen LogP contribution in [-0.4, -0.2) is 64.0 Å². The minimum Gasteiger partial charge on any atom is -0.379 e. The van der Waals surface area contributed by atoms with E-state index in [-0.39, 0.29) is 18.4 Å². The fourth-order valence-electron chi connectivity index (χ4n) is 3.93. The van der Waals surface area contributed by atoms with Gasteiger partial charge < -0.3 is 15.3 Å². The summed E-state index contributed by atoms with van der Waals surface area (Å²) in [6, 6.07) is 8.09. The van der Waals surface area contributed by atoms with Crippen LogP contribution in [0.2, 0.25) is 0 Å². The highest BCUT2D eigenvalue weighted by Gasteiger charge is 2.47. The van der Waals surface area contributed by atoms with E-state index >= 15 is 0 Å². The summed E-state index contributed by atoms with van der Waals surface area (Å²) in [7, 11) is 0. The third-order valence-corrected chi connectivity index (χ3v) is 5.63. The lowest BCUT2D eigenvalue weighted by molar-refractivity contribution is -0.164. The molecule has 26 heavy (non-hydrogen) atoms. The van der Waals surface area contributed by atoms with E-state index in [9.17, 15) is 14.7 Å². The normalized spacial score (nSPS) is 26.7. The molecule has 0 unspecified atom stereocenters. The van der Waals surface area contributed by atoms with E-state index in [4.69, 9.17) is 0 Å². The molecule has 0 bridgehead atoms. The van der Waals surface area contributed by atoms with Crippen LogP contribution in [0.25, 0.3) is 0 Å². The van der Waals surface area contributed by atoms with Crippen molar-refractivity contribution in [3.8, 4) is 0 Å². The van der Waals surface area contributed by atoms with Crippen LogP contribution in [0.1, 0.15) is 37.8 Å². The molecular formula is C20H29N3O3. The van der Waals surface area contributed by atoms with Crippen LogP contribution in [0.5, 0.6) is 0 Å². The van der Waals surface area contributed by atoms with Gasteiger partial charge in [0, 0.05) is 32.7 Å². The second-order valence-electron chi connectivity index (χ2n) is 8.09. The van der Waals surface area contributed by atoms with Gasteiger partial charge in [0.1, 0.15) is 0 Å². The van der Waals surface area contributed by atoms with Gasteiger partial charge in [-0.2, -0.15) is 0 Å². The zero-order chi connectivity index (χ0) is 18.9. The van der Waals surface area contributed by atoms with Gasteiger partial charge in [0.2, 0.25) is 5.91 Å². The van der Waals surface area contributed by atoms with Crippen LogP contribution >= 0.6 is 0 Å². The third kappa shape index (κ3) is 3.62. The molecule has 2 N–H and O–H groups in total. The van der Waals surface area contributed by atoms with Crippen molar-refractivity contribution in [3.63, 3.8) is 0 Å². The number of hydrogen-bond donors (Lipinski definition) is 2. The first-order valence-electron chi connectivity index (χ1n) is 9.33. The zero-order valence-corrected chi connectivity index (χ0v) is 15.9. The van der Waals surface area contributed by atoms with Crippen LogP contribution in [0.15, 0.2) is 24.3 Å². The molecule has 0 aliphatic carbocycles. The van der Waals surface area contributed by atoms with Crippen molar-refractivity contribution in [2.75, 3.05) is 26.2 Å². The molecule has 142 valence electrons. The number of aliphatic hydroxyl groups is 1. The minimum absolute atomic E-state index is 0.0628. The number of carbonyl (C=O) groups is 2. The van der Waals surface area contributed by atoms with Crippen LogP contribution < -0.4 is 5.32 Å². The Labute approximate surface area is 155 Å². The highest BCUT2D eigenvalue weighted by molar-refractivity contribution is 5.88. The zero-order valence-electron chi connectivity index (χ0n) is 15.9. The number of nitrogens with one attached hydrogen (secondary N) is 1. The molecule has 2 saturated heterocycles. The van der Waals surface area contributed by atoms with Crippen LogP contribution in [0.3, 0.4) is 0 Å². The number of benzene rings is 1. The molecule has 6 heteroatoms. The average Bonchev–Trinajstić information content (AvgIpc) is 2.57. The number of hydrogen-bond acceptors (Lipinski definition) is 4. The predicted molar refractivity (Wildman–Crippen MR) is 99.4 cm³/mol. The van der Waals surface area contributed by atoms with E-state index < -0.39 is 11.1 Å². The van der Waals surface area contributed by atoms with E-state index in [1.165, 1.54) is 0 Å². The molecule has 6 nitrogen and oxygen atoms in total. The fraction of sp³-hybridized carbons (Fsp3) is 0.600. The molecule has 0 saturated carbocycles. The molecule has 2 aliphatic heterocycles. The van der Waals surface area contributed by atoms with E-state index in [1.807, 2.05) is 43.9 Å². The van der Waals surface area contributed by atoms with Gasteiger partial charge in [-0.25, -0.2) is 0 Å². The second-order valence-corrected chi connectivity index (χ2v) is 8.09. The van der Waals surface area contributed by atoms with Crippen molar-refractivity contribution < 1.29 is 14.7 Å². The van der Waals surface area contributed by atoms with Crippen molar-refractivity contribution in [1.29, 1.82) is 0 Å². The van der Waals surface area contributed by atoms with Gasteiger partial charge in [-0.1, -0.05) is 29.8 Å². The first-order valence-corrected chi connectivity index (χ1v) is 9.33. The summed E-state index contributed by atoms with van der Waals surface area (Å²) in [6.45, 7) is 8.22. The number of rotatable bonds is 4. The van der Waals surface area contributed by atoms with Gasteiger partial charge in [-0.3, -0.25) is 14.5 Å². The Kier molecular flexibility index (Phi) is 5.08. The Hall–Kier alpha value is -1.92. The number of β-amino-alcohol motifs (C(OH)–C–C–N with tert-alkyl or cyclic N) is 1. The van der Waals surface area contributed by atoms with Crippen LogP contribution in [-0.2, 0) is 16.1 Å². The van der Waals surface area contributed by atoms with Gasteiger partial charge in [0.05, 0.1) is 5.54 Å². The molecule has 1 atom stereocenters. The van der Waals surface area contributed by atoms with E-state index in [2.05, 4.69) is 11.4 Å². The Bertz CT molecular complexity index is 703. The van der Waals surface area contributed by atoms with Crippen molar-refractivity contribution in [2.45, 2.75) is 51.3 Å². The number of piperidine rings is 1. The van der Waals surface area contributed by atoms with Gasteiger partial charge >= 0.3 is 0 Å². The summed E-state index contributed by atoms with van der Waals surface area (Å²) in [5.41, 5.74) is 0.0629. The average molecular weight is 359 g/mol. The summed E-state index contributed by atoms with van der Waals surface area (Å²) in [5.74, 6) is -0.292. The molecule has 1 aromatic carbocycles. The molecule has 0 radical (unpaired) electrons. The van der Waals surface area contributed by atoms with Crippen molar-refractivity contribution in [3.05, 3.63) is 35.4 Å². The lowest BCUT2D eigenvalue weighted by Gasteiger charge is -2.46. The standard InChI is InChI=1S/C20H29N3O3/c1-15-6-4-7-16(12-15)13-22-10-5-8-20(26,18(22)25)14-23-11-9-21-17(24)19(23,2)3/h4,6-7,12,26H,5,8-11,13-14H2,1-3H3,(H,21,24)/t20-/m0/s1. The smallest absolute Gasteiger partial charge is 0.256 e. The summed E-state index contributed by atoms with van der Waals surface area (Å²) >= 11 is 0. The maximum absolute atomic E-state index is 13.1. The Morgan fingerprint density at radius 3 is 2.73 bits per heavy atom. The van der Waals surface area contributed by atoms with E-state index in [1.54, 1.807) is 4.90 Å². The highest BCUT2D eigenvalue weighted by Crippen LogP contribution is 2.29. The largest absolute Gasteiger partial charge is 0.379 e. The van der Waals surface area contributed by atoms with Gasteiger partial charge in [-0.05, 0) is 39.2 Å². The molecule has 1 aromatic rings. The summed E-state index contributed by atoms with van der Waals surface area (Å²) in [6.07, 6.45) is 1.19. The highest BCUT2D eigenvalue weighted by atomic mass is 16.3. The molecule has 2 aliphatic rings. The van der Waals surface area contributed by atoms with Crippen molar-refractivity contribution >= 4 is 11.8 Å². The number of amides is 2. The number of nitrogens with zero attached hydrogens (tertiary/aromatic N) is 2. The van der Waals surface area contributed by atoms with Crippen LogP contribution in [0, 0.1) is 6.92 Å². The molecular weight excluding hydrogens is 330 g/mol. The number of likely N-dealkylation sites (tertiary alicyclic amines) is 1. The monoisotopic (exact) mass is 359 g/mol. The molecule has 2 amide bonds. The SMILES string of the molecule is Cc1cccc(CN2CCC[C@](O)(CN3CCNC(=O)C3(C)C)C2=O)c1. The lowest BCUT2D eigenvalue weighted by Crippen LogP contribution is -2.67. The molecule has 2 heterocycles. The molecule has 0 aromatic heterocycles. The fourth-order valence-corrected chi connectivity index (χ4v) is 3.93. The van der Waals surface area contributed by atoms with Crippen molar-refractivity contribution in [2.24, 2.45) is 0 Å². The van der Waals surface area contributed by atoms with Gasteiger partial charge in [0.25, 0.3) is 5.91 Å². The topological polar surface area (TPSA) is 72.9 Å². The quantitative estimate of drug-likeness (QED) is 0.843. The summed E-state index contributed by atoms with van der Waals surface area (Å²) in [5, 5.41) is 14.0. The Morgan fingerprint density at radius 2 is 2.00 bits per heavy atom. The summed E-state index contributed by atoms with van der Waals surface area (Å²) in [4.78, 5) is 28.9. The van der Waals surface area contributed by atoms with E-state index in [0.29, 0.717) is 32.6 Å². The second kappa shape index (κ2) is 7.00. The maximum Gasteiger partial charge on any atom is 0.256 e. The number of aryl methyl sites for hydroxylation is 1. The number of piperazine rings is 1. The van der Waals surface area contributed by atoms with Gasteiger partial charge in [-0.15, -0.1) is 0 Å². The predicted octanol–water partition coefficient (Wildman–Crippen LogP) is 1.06. The minimum atomic E-state index is -1.43. The first-order chi connectivity index (χ1) is 12.2. The molecule has 2 fully saturated rings. The maximum atomic E-state index is 13.1. The Morgan fingerprint density at radius 1 is 1.23 bits per heavy atom. The number of carbonyl (C=O) groups excluding carboxylic acids is 2. The summed E-state index contributed by atoms with van der Waals surface area (Å²) < 4.78 is 0. The molecule has 0 spiro atoms. The van der Waals surface area contributed by atoms with Crippen molar-refractivity contribution in [1.82, 2.24) is 15.1 Å².